The lowest BCUT2D eigenvalue weighted by Crippen LogP contribution is -2.29. The molecule has 0 saturated carbocycles. The summed E-state index contributed by atoms with van der Waals surface area (Å²) in [5.74, 6) is 0.949. The Labute approximate surface area is 90.3 Å². The van der Waals surface area contributed by atoms with Crippen molar-refractivity contribution in [3.8, 4) is 6.07 Å². The normalized spacial score (nSPS) is 12.7. The third-order valence-electron chi connectivity index (χ3n) is 2.53. The van der Waals surface area contributed by atoms with Gasteiger partial charge in [0.25, 0.3) is 0 Å². The van der Waals surface area contributed by atoms with Crippen molar-refractivity contribution < 1.29 is 0 Å². The van der Waals surface area contributed by atoms with Gasteiger partial charge in [0.1, 0.15) is 12.2 Å². The Morgan fingerprint density at radius 1 is 1.67 bits per heavy atom. The summed E-state index contributed by atoms with van der Waals surface area (Å²) in [7, 11) is 2.00. The van der Waals surface area contributed by atoms with E-state index in [1.165, 1.54) is 0 Å². The Balaban J connectivity index is 2.58. The van der Waals surface area contributed by atoms with Gasteiger partial charge in [-0.25, -0.2) is 9.67 Å². The van der Waals surface area contributed by atoms with Crippen LogP contribution < -0.4 is 0 Å². The molecular formula is C10H17N5. The van der Waals surface area contributed by atoms with Gasteiger partial charge in [-0.15, -0.1) is 0 Å². The van der Waals surface area contributed by atoms with Crippen LogP contribution in [0.4, 0.5) is 0 Å². The molecule has 1 atom stereocenters. The molecule has 1 aromatic rings. The van der Waals surface area contributed by atoms with Gasteiger partial charge in [0.2, 0.25) is 0 Å². The molecule has 82 valence electrons. The highest BCUT2D eigenvalue weighted by Gasteiger charge is 2.12. The van der Waals surface area contributed by atoms with Crippen molar-refractivity contribution in [2.24, 2.45) is 0 Å². The largest absolute Gasteiger partial charge is 0.295 e. The average molecular weight is 207 g/mol. The highest BCUT2D eigenvalue weighted by Crippen LogP contribution is 2.05. The van der Waals surface area contributed by atoms with E-state index in [-0.39, 0.29) is 6.04 Å². The van der Waals surface area contributed by atoms with Crippen molar-refractivity contribution in [2.45, 2.75) is 39.4 Å². The highest BCUT2D eigenvalue weighted by molar-refractivity contribution is 4.86. The number of rotatable bonds is 5. The van der Waals surface area contributed by atoms with Crippen LogP contribution in [0.15, 0.2) is 6.33 Å². The molecule has 0 aliphatic rings. The molecule has 0 aromatic carbocycles. The molecule has 0 aliphatic heterocycles. The number of nitrogens with zero attached hydrogens (tertiary/aromatic N) is 5. The first-order valence-electron chi connectivity index (χ1n) is 5.12. The summed E-state index contributed by atoms with van der Waals surface area (Å²) >= 11 is 0. The summed E-state index contributed by atoms with van der Waals surface area (Å²) in [6, 6.07) is 2.42. The van der Waals surface area contributed by atoms with E-state index in [1.54, 1.807) is 6.33 Å². The second-order valence-corrected chi connectivity index (χ2v) is 3.62. The Hall–Kier alpha value is -1.41. The maximum absolute atomic E-state index is 8.60. The van der Waals surface area contributed by atoms with E-state index in [0.717, 1.165) is 18.9 Å². The van der Waals surface area contributed by atoms with Crippen molar-refractivity contribution in [3.05, 3.63) is 12.2 Å². The zero-order chi connectivity index (χ0) is 11.3. The molecule has 0 fully saturated rings. The molecule has 5 nitrogen and oxygen atoms in total. The molecule has 15 heavy (non-hydrogen) atoms. The van der Waals surface area contributed by atoms with Crippen LogP contribution in [0.1, 0.15) is 26.1 Å². The SMILES string of the molecule is CCn1ncnc1CN(C)C(C)CC#N. The molecule has 1 aromatic heterocycles. The summed E-state index contributed by atoms with van der Waals surface area (Å²) in [6.07, 6.45) is 2.11. The van der Waals surface area contributed by atoms with E-state index in [0.29, 0.717) is 6.42 Å². The zero-order valence-corrected chi connectivity index (χ0v) is 9.51. The fraction of sp³-hybridized carbons (Fsp3) is 0.700. The molecule has 1 unspecified atom stereocenters. The molecular weight excluding hydrogens is 190 g/mol. The monoisotopic (exact) mass is 207 g/mol. The van der Waals surface area contributed by atoms with Gasteiger partial charge >= 0.3 is 0 Å². The lowest BCUT2D eigenvalue weighted by molar-refractivity contribution is 0.242. The quantitative estimate of drug-likeness (QED) is 0.723. The van der Waals surface area contributed by atoms with Gasteiger partial charge in [0.15, 0.2) is 0 Å². The van der Waals surface area contributed by atoms with Gasteiger partial charge in [-0.1, -0.05) is 0 Å². The predicted octanol–water partition coefficient (Wildman–Crippen LogP) is 1.03. The predicted molar refractivity (Wildman–Crippen MR) is 56.9 cm³/mol. The highest BCUT2D eigenvalue weighted by atomic mass is 15.3. The molecule has 1 rings (SSSR count). The number of hydrogen-bond acceptors (Lipinski definition) is 4. The fourth-order valence-corrected chi connectivity index (χ4v) is 1.34. The van der Waals surface area contributed by atoms with Gasteiger partial charge in [0.05, 0.1) is 19.0 Å². The van der Waals surface area contributed by atoms with Gasteiger partial charge in [-0.3, -0.25) is 4.90 Å². The fourth-order valence-electron chi connectivity index (χ4n) is 1.34. The van der Waals surface area contributed by atoms with Crippen LogP contribution in [0.5, 0.6) is 0 Å². The summed E-state index contributed by atoms with van der Waals surface area (Å²) in [5.41, 5.74) is 0. The van der Waals surface area contributed by atoms with Crippen molar-refractivity contribution in [3.63, 3.8) is 0 Å². The average Bonchev–Trinajstić information content (AvgIpc) is 2.65. The van der Waals surface area contributed by atoms with Crippen molar-refractivity contribution >= 4 is 0 Å². The number of hydrogen-bond donors (Lipinski definition) is 0. The molecule has 5 heteroatoms. The third kappa shape index (κ3) is 3.03. The Morgan fingerprint density at radius 3 is 3.00 bits per heavy atom. The molecule has 0 spiro atoms. The number of aromatic nitrogens is 3. The first-order valence-corrected chi connectivity index (χ1v) is 5.12. The summed E-state index contributed by atoms with van der Waals surface area (Å²) in [6.45, 7) is 5.64. The standard InChI is InChI=1S/C10H17N5/c1-4-15-10(12-8-13-15)7-14(3)9(2)5-6-11/h8-9H,4-5,7H2,1-3H3. The topological polar surface area (TPSA) is 57.7 Å². The van der Waals surface area contributed by atoms with Crippen molar-refractivity contribution in [2.75, 3.05) is 7.05 Å². The molecule has 0 aliphatic carbocycles. The van der Waals surface area contributed by atoms with Gasteiger partial charge in [-0.05, 0) is 20.9 Å². The van der Waals surface area contributed by atoms with E-state index in [4.69, 9.17) is 5.26 Å². The van der Waals surface area contributed by atoms with Gasteiger partial charge in [0, 0.05) is 12.6 Å². The van der Waals surface area contributed by atoms with Crippen molar-refractivity contribution in [1.82, 2.24) is 19.7 Å². The molecule has 0 radical (unpaired) electrons. The van der Waals surface area contributed by atoms with Crippen LogP contribution in [0.3, 0.4) is 0 Å². The molecule has 0 bridgehead atoms. The number of aryl methyl sites for hydroxylation is 1. The van der Waals surface area contributed by atoms with Crippen LogP contribution in [0, 0.1) is 11.3 Å². The van der Waals surface area contributed by atoms with Crippen LogP contribution in [-0.2, 0) is 13.1 Å². The minimum atomic E-state index is 0.247. The molecule has 1 heterocycles. The Bertz CT molecular complexity index is 338. The minimum absolute atomic E-state index is 0.247. The number of nitriles is 1. The van der Waals surface area contributed by atoms with Crippen LogP contribution in [0.25, 0.3) is 0 Å². The summed E-state index contributed by atoms with van der Waals surface area (Å²) in [4.78, 5) is 6.31. The van der Waals surface area contributed by atoms with E-state index < -0.39 is 0 Å². The van der Waals surface area contributed by atoms with Crippen LogP contribution >= 0.6 is 0 Å². The summed E-state index contributed by atoms with van der Waals surface area (Å²) in [5, 5.41) is 12.7. The van der Waals surface area contributed by atoms with Crippen LogP contribution in [-0.4, -0.2) is 32.8 Å². The first-order chi connectivity index (χ1) is 7.19. The lowest BCUT2D eigenvalue weighted by Gasteiger charge is -2.21. The smallest absolute Gasteiger partial charge is 0.140 e. The first kappa shape index (κ1) is 11.7. The van der Waals surface area contributed by atoms with E-state index in [2.05, 4.69) is 21.1 Å². The second kappa shape index (κ2) is 5.47. The second-order valence-electron chi connectivity index (χ2n) is 3.62. The van der Waals surface area contributed by atoms with Crippen LogP contribution in [0.2, 0.25) is 0 Å². The van der Waals surface area contributed by atoms with Gasteiger partial charge in [-0.2, -0.15) is 10.4 Å². The Morgan fingerprint density at radius 2 is 2.40 bits per heavy atom. The van der Waals surface area contributed by atoms with E-state index in [9.17, 15) is 0 Å². The lowest BCUT2D eigenvalue weighted by atomic mass is 10.2. The van der Waals surface area contributed by atoms with Gasteiger partial charge < -0.3 is 0 Å². The molecule has 0 saturated heterocycles. The Kier molecular flexibility index (Phi) is 4.25. The van der Waals surface area contributed by atoms with E-state index >= 15 is 0 Å². The maximum Gasteiger partial charge on any atom is 0.140 e. The van der Waals surface area contributed by atoms with Crippen molar-refractivity contribution in [1.29, 1.82) is 5.26 Å². The minimum Gasteiger partial charge on any atom is -0.295 e. The zero-order valence-electron chi connectivity index (χ0n) is 9.51. The molecule has 0 amide bonds. The third-order valence-corrected chi connectivity index (χ3v) is 2.53. The summed E-state index contributed by atoms with van der Waals surface area (Å²) < 4.78 is 1.87. The molecule has 0 N–H and O–H groups in total. The van der Waals surface area contributed by atoms with E-state index in [1.807, 2.05) is 25.6 Å². The maximum atomic E-state index is 8.60.